The van der Waals surface area contributed by atoms with E-state index >= 15 is 0 Å². The number of nitrogens with one attached hydrogen (secondary N) is 2. The molecule has 1 aliphatic heterocycles. The quantitative estimate of drug-likeness (QED) is 0.791. The van der Waals surface area contributed by atoms with E-state index in [4.69, 9.17) is 17.0 Å². The summed E-state index contributed by atoms with van der Waals surface area (Å²) in [7, 11) is 4.12. The van der Waals surface area contributed by atoms with E-state index in [1.54, 1.807) is 12.0 Å². The highest BCUT2D eigenvalue weighted by Gasteiger charge is 2.34. The van der Waals surface area contributed by atoms with Gasteiger partial charge in [0.05, 0.1) is 26.2 Å². The SMILES string of the molecule is COc1ccc(NC(=S)N2CCC([NH+](C)C3CCCCC3C)CC2)cc1. The number of nitrogens with zero attached hydrogens (tertiary/aromatic N) is 1. The van der Waals surface area contributed by atoms with Crippen LogP contribution in [-0.2, 0) is 0 Å². The lowest BCUT2D eigenvalue weighted by atomic mass is 9.84. The van der Waals surface area contributed by atoms with Gasteiger partial charge in [0.1, 0.15) is 5.75 Å². The molecule has 144 valence electrons. The lowest BCUT2D eigenvalue weighted by molar-refractivity contribution is -0.937. The second-order valence-corrected chi connectivity index (χ2v) is 8.42. The number of anilines is 1. The average Bonchev–Trinajstić information content (AvgIpc) is 2.68. The minimum Gasteiger partial charge on any atom is -0.497 e. The van der Waals surface area contributed by atoms with Crippen LogP contribution in [0.15, 0.2) is 24.3 Å². The zero-order valence-corrected chi connectivity index (χ0v) is 17.3. The third-order valence-electron chi connectivity index (χ3n) is 6.46. The van der Waals surface area contributed by atoms with Crippen LogP contribution in [0.3, 0.4) is 0 Å². The molecule has 1 heterocycles. The van der Waals surface area contributed by atoms with Crippen molar-refractivity contribution < 1.29 is 9.64 Å². The van der Waals surface area contributed by atoms with Crippen molar-refractivity contribution >= 4 is 23.0 Å². The van der Waals surface area contributed by atoms with Crippen molar-refractivity contribution in [2.24, 2.45) is 5.92 Å². The molecule has 2 fully saturated rings. The summed E-state index contributed by atoms with van der Waals surface area (Å²) >= 11 is 5.64. The van der Waals surface area contributed by atoms with Crippen molar-refractivity contribution in [1.82, 2.24) is 4.90 Å². The first-order chi connectivity index (χ1) is 12.6. The number of quaternary nitrogens is 1. The van der Waals surface area contributed by atoms with Crippen molar-refractivity contribution in [3.63, 3.8) is 0 Å². The van der Waals surface area contributed by atoms with Crippen molar-refractivity contribution in [3.8, 4) is 5.75 Å². The molecule has 2 N–H and O–H groups in total. The zero-order chi connectivity index (χ0) is 18.5. The third kappa shape index (κ3) is 4.68. The molecule has 4 nitrogen and oxygen atoms in total. The minimum absolute atomic E-state index is 0.778. The number of rotatable bonds is 4. The van der Waals surface area contributed by atoms with Crippen LogP contribution in [0, 0.1) is 5.92 Å². The van der Waals surface area contributed by atoms with Gasteiger partial charge in [-0.1, -0.05) is 13.3 Å². The number of methoxy groups -OCH3 is 1. The van der Waals surface area contributed by atoms with E-state index < -0.39 is 0 Å². The maximum Gasteiger partial charge on any atom is 0.173 e. The molecule has 1 aromatic rings. The lowest BCUT2D eigenvalue weighted by Gasteiger charge is -2.41. The highest BCUT2D eigenvalue weighted by atomic mass is 32.1. The molecule has 1 saturated carbocycles. The number of piperidine rings is 1. The molecular weight excluding hydrogens is 342 g/mol. The molecule has 0 aromatic heterocycles. The number of ether oxygens (including phenoxy) is 1. The second kappa shape index (κ2) is 9.05. The topological polar surface area (TPSA) is 28.9 Å². The molecule has 1 aromatic carbocycles. The fourth-order valence-corrected chi connectivity index (χ4v) is 5.01. The molecule has 0 bridgehead atoms. The van der Waals surface area contributed by atoms with Gasteiger partial charge in [0.2, 0.25) is 0 Å². The molecule has 3 rings (SSSR count). The van der Waals surface area contributed by atoms with Crippen molar-refractivity contribution in [1.29, 1.82) is 0 Å². The Morgan fingerprint density at radius 1 is 1.12 bits per heavy atom. The molecule has 3 atom stereocenters. The number of likely N-dealkylation sites (tertiary alicyclic amines) is 1. The van der Waals surface area contributed by atoms with Gasteiger partial charge in [0, 0.05) is 37.5 Å². The fourth-order valence-electron chi connectivity index (χ4n) is 4.71. The van der Waals surface area contributed by atoms with Crippen molar-refractivity contribution in [2.45, 2.75) is 57.5 Å². The second-order valence-electron chi connectivity index (χ2n) is 8.03. The third-order valence-corrected chi connectivity index (χ3v) is 6.82. The van der Waals surface area contributed by atoms with Gasteiger partial charge in [-0.25, -0.2) is 0 Å². The van der Waals surface area contributed by atoms with E-state index in [1.165, 1.54) is 38.5 Å². The summed E-state index contributed by atoms with van der Waals surface area (Å²) in [6, 6.07) is 9.58. The number of thiocarbonyl (C=S) groups is 1. The van der Waals surface area contributed by atoms with Crippen LogP contribution in [0.5, 0.6) is 5.75 Å². The van der Waals surface area contributed by atoms with Gasteiger partial charge < -0.3 is 19.9 Å². The van der Waals surface area contributed by atoms with E-state index in [-0.39, 0.29) is 0 Å². The largest absolute Gasteiger partial charge is 0.497 e. The first-order valence-corrected chi connectivity index (χ1v) is 10.5. The molecule has 0 spiro atoms. The van der Waals surface area contributed by atoms with Crippen molar-refractivity contribution in [2.75, 3.05) is 32.6 Å². The average molecular weight is 377 g/mol. The first kappa shape index (κ1) is 19.4. The molecule has 26 heavy (non-hydrogen) atoms. The number of hydrogen-bond donors (Lipinski definition) is 2. The van der Waals surface area contributed by atoms with Crippen LogP contribution in [0.4, 0.5) is 5.69 Å². The highest BCUT2D eigenvalue weighted by molar-refractivity contribution is 7.80. The summed E-state index contributed by atoms with van der Waals surface area (Å²) in [4.78, 5) is 4.10. The maximum atomic E-state index is 5.64. The summed E-state index contributed by atoms with van der Waals surface area (Å²) < 4.78 is 5.21. The van der Waals surface area contributed by atoms with E-state index in [1.807, 2.05) is 24.3 Å². The molecule has 1 aliphatic carbocycles. The van der Waals surface area contributed by atoms with Crippen molar-refractivity contribution in [3.05, 3.63) is 24.3 Å². The van der Waals surface area contributed by atoms with Crippen LogP contribution >= 0.6 is 12.2 Å². The Balaban J connectivity index is 1.48. The zero-order valence-electron chi connectivity index (χ0n) is 16.5. The predicted molar refractivity (Wildman–Crippen MR) is 112 cm³/mol. The molecular formula is C21H34N3OS+. The van der Waals surface area contributed by atoms with E-state index in [2.05, 4.69) is 24.2 Å². The summed E-state index contributed by atoms with van der Waals surface area (Å²) in [5, 5.41) is 4.22. The number of benzene rings is 1. The predicted octanol–water partition coefficient (Wildman–Crippen LogP) is 2.95. The Kier molecular flexibility index (Phi) is 6.76. The van der Waals surface area contributed by atoms with Gasteiger partial charge in [0.25, 0.3) is 0 Å². The number of hydrogen-bond acceptors (Lipinski definition) is 2. The summed E-state index contributed by atoms with van der Waals surface area (Å²) in [5.41, 5.74) is 1.02. The van der Waals surface area contributed by atoms with Gasteiger partial charge >= 0.3 is 0 Å². The van der Waals surface area contributed by atoms with E-state index in [0.717, 1.165) is 47.6 Å². The van der Waals surface area contributed by atoms with Crippen LogP contribution in [0.2, 0.25) is 0 Å². The van der Waals surface area contributed by atoms with Crippen LogP contribution in [0.25, 0.3) is 0 Å². The summed E-state index contributed by atoms with van der Waals surface area (Å²) in [5.74, 6) is 1.74. The molecule has 0 radical (unpaired) electrons. The Morgan fingerprint density at radius 3 is 2.38 bits per heavy atom. The molecule has 1 saturated heterocycles. The lowest BCUT2D eigenvalue weighted by Crippen LogP contribution is -3.17. The molecule has 5 heteroatoms. The monoisotopic (exact) mass is 376 g/mol. The van der Waals surface area contributed by atoms with Crippen LogP contribution < -0.4 is 15.0 Å². The summed E-state index contributed by atoms with van der Waals surface area (Å²) in [6.45, 7) is 4.58. The standard InChI is InChI=1S/C21H33N3OS/c1-16-6-4-5-7-20(16)23(2)18-12-14-24(15-13-18)21(26)22-17-8-10-19(25-3)11-9-17/h8-11,16,18,20H,4-7,12-15H2,1-3H3,(H,22,26)/p+1. The van der Waals surface area contributed by atoms with Gasteiger partial charge in [-0.05, 0) is 55.7 Å². The smallest absolute Gasteiger partial charge is 0.173 e. The highest BCUT2D eigenvalue weighted by Crippen LogP contribution is 2.23. The van der Waals surface area contributed by atoms with E-state index in [0.29, 0.717) is 0 Å². The van der Waals surface area contributed by atoms with E-state index in [9.17, 15) is 0 Å². The van der Waals surface area contributed by atoms with Gasteiger partial charge in [-0.2, -0.15) is 0 Å². The molecule has 0 amide bonds. The Hall–Kier alpha value is -1.33. The Labute approximate surface area is 163 Å². The Morgan fingerprint density at radius 2 is 1.77 bits per heavy atom. The minimum atomic E-state index is 0.778. The normalized spacial score (nSPS) is 25.6. The fraction of sp³-hybridized carbons (Fsp3) is 0.667. The summed E-state index contributed by atoms with van der Waals surface area (Å²) in [6.07, 6.45) is 8.14. The Bertz CT molecular complexity index is 583. The maximum absolute atomic E-state index is 5.64. The first-order valence-electron chi connectivity index (χ1n) is 10.1. The van der Waals surface area contributed by atoms with Gasteiger partial charge in [-0.3, -0.25) is 0 Å². The van der Waals surface area contributed by atoms with Crippen LogP contribution in [0.1, 0.15) is 45.4 Å². The molecule has 3 unspecified atom stereocenters. The van der Waals surface area contributed by atoms with Gasteiger partial charge in [-0.15, -0.1) is 0 Å². The van der Waals surface area contributed by atoms with Gasteiger partial charge in [0.15, 0.2) is 5.11 Å². The molecule has 2 aliphatic rings. The van der Waals surface area contributed by atoms with Crippen LogP contribution in [-0.4, -0.2) is 49.3 Å².